The Balaban J connectivity index is 1.50. The number of carbonyl (C=O) groups excluding carboxylic acids is 1. The van der Waals surface area contributed by atoms with Gasteiger partial charge in [-0.2, -0.15) is 0 Å². The molecule has 3 rings (SSSR count). The van der Waals surface area contributed by atoms with Gasteiger partial charge in [-0.25, -0.2) is 4.68 Å². The number of nitrogen functional groups attached to an aromatic ring is 1. The first-order chi connectivity index (χ1) is 13.9. The summed E-state index contributed by atoms with van der Waals surface area (Å²) < 4.78 is 7.07. The van der Waals surface area contributed by atoms with Crippen molar-refractivity contribution in [3.05, 3.63) is 64.9 Å². The zero-order chi connectivity index (χ0) is 20.8. The van der Waals surface area contributed by atoms with Gasteiger partial charge in [0.15, 0.2) is 5.82 Å². The Morgan fingerprint density at radius 3 is 2.52 bits per heavy atom. The van der Waals surface area contributed by atoms with Gasteiger partial charge in [-0.05, 0) is 47.9 Å². The second kappa shape index (κ2) is 9.67. The number of aromatic nitrogens is 3. The number of halogens is 1. The van der Waals surface area contributed by atoms with E-state index in [1.165, 1.54) is 22.0 Å². The average molecular weight is 432 g/mol. The molecule has 0 spiro atoms. The number of nitrogens with zero attached hydrogens (tertiary/aromatic N) is 3. The molecular formula is C20H22ClN5O2S. The Hall–Kier alpha value is -2.71. The number of carbonyl (C=O) groups is 1. The maximum absolute atomic E-state index is 12.1. The Labute approximate surface area is 178 Å². The summed E-state index contributed by atoms with van der Waals surface area (Å²) in [6, 6.07) is 14.8. The van der Waals surface area contributed by atoms with Crippen molar-refractivity contribution in [2.45, 2.75) is 31.5 Å². The topological polar surface area (TPSA) is 95.1 Å². The number of thioether (sulfide) groups is 1. The second-order valence-corrected chi connectivity index (χ2v) is 8.00. The standard InChI is InChI=1S/C20H22ClN5O2S/c1-13(2)14-3-9-17(10-4-14)28-11-18-24-25-20(26(18)22)29-12-19(27)23-16-7-5-15(21)6-8-16/h3-10,13H,11-12,22H2,1-2H3,(H,23,27). The van der Waals surface area contributed by atoms with Crippen LogP contribution in [0.25, 0.3) is 0 Å². The fourth-order valence-electron chi connectivity index (χ4n) is 2.46. The van der Waals surface area contributed by atoms with Gasteiger partial charge in [-0.3, -0.25) is 4.79 Å². The van der Waals surface area contributed by atoms with Crippen LogP contribution in [0.15, 0.2) is 53.7 Å². The van der Waals surface area contributed by atoms with Crippen molar-refractivity contribution >= 4 is 35.0 Å². The number of benzene rings is 2. The third kappa shape index (κ3) is 5.88. The molecule has 152 valence electrons. The maximum Gasteiger partial charge on any atom is 0.234 e. The number of nitrogens with two attached hydrogens (primary N) is 1. The summed E-state index contributed by atoms with van der Waals surface area (Å²) in [4.78, 5) is 12.1. The minimum atomic E-state index is -0.177. The lowest BCUT2D eigenvalue weighted by Gasteiger charge is -2.09. The molecule has 1 aromatic heterocycles. The predicted molar refractivity (Wildman–Crippen MR) is 116 cm³/mol. The molecule has 0 aliphatic rings. The molecule has 0 aliphatic heterocycles. The van der Waals surface area contributed by atoms with E-state index in [4.69, 9.17) is 22.2 Å². The Bertz CT molecular complexity index is 958. The van der Waals surface area contributed by atoms with Gasteiger partial charge in [-0.15, -0.1) is 10.2 Å². The first kappa shape index (κ1) is 21.0. The van der Waals surface area contributed by atoms with E-state index < -0.39 is 0 Å². The fraction of sp³-hybridized carbons (Fsp3) is 0.250. The highest BCUT2D eigenvalue weighted by molar-refractivity contribution is 7.99. The summed E-state index contributed by atoms with van der Waals surface area (Å²) in [7, 11) is 0. The first-order valence-corrected chi connectivity index (χ1v) is 10.4. The van der Waals surface area contributed by atoms with Gasteiger partial charge in [0.1, 0.15) is 12.4 Å². The molecule has 0 unspecified atom stereocenters. The number of hydrogen-bond acceptors (Lipinski definition) is 6. The van der Waals surface area contributed by atoms with Crippen LogP contribution in [0.2, 0.25) is 5.02 Å². The van der Waals surface area contributed by atoms with Gasteiger partial charge in [0.25, 0.3) is 0 Å². The smallest absolute Gasteiger partial charge is 0.234 e. The summed E-state index contributed by atoms with van der Waals surface area (Å²) in [5.41, 5.74) is 1.92. The molecule has 7 nitrogen and oxygen atoms in total. The number of nitrogens with one attached hydrogen (secondary N) is 1. The minimum Gasteiger partial charge on any atom is -0.486 e. The van der Waals surface area contributed by atoms with Crippen molar-refractivity contribution in [3.63, 3.8) is 0 Å². The van der Waals surface area contributed by atoms with Gasteiger partial charge in [-0.1, -0.05) is 49.3 Å². The van der Waals surface area contributed by atoms with E-state index in [9.17, 15) is 4.79 Å². The molecular weight excluding hydrogens is 410 g/mol. The van der Waals surface area contributed by atoms with Crippen LogP contribution in [0.1, 0.15) is 31.2 Å². The van der Waals surface area contributed by atoms with Crippen LogP contribution >= 0.6 is 23.4 Å². The van der Waals surface area contributed by atoms with Crippen LogP contribution in [0.5, 0.6) is 5.75 Å². The summed E-state index contributed by atoms with van der Waals surface area (Å²) in [5.74, 6) is 7.67. The first-order valence-electron chi connectivity index (χ1n) is 9.02. The van der Waals surface area contributed by atoms with E-state index in [2.05, 4.69) is 29.4 Å². The number of anilines is 1. The SMILES string of the molecule is CC(C)c1ccc(OCc2nnc(SCC(=O)Nc3ccc(Cl)cc3)n2N)cc1. The lowest BCUT2D eigenvalue weighted by molar-refractivity contribution is -0.113. The zero-order valence-corrected chi connectivity index (χ0v) is 17.7. The zero-order valence-electron chi connectivity index (χ0n) is 16.1. The predicted octanol–water partition coefficient (Wildman–Crippen LogP) is 4.08. The Kier molecular flexibility index (Phi) is 7.00. The molecule has 2 aromatic carbocycles. The number of rotatable bonds is 8. The van der Waals surface area contributed by atoms with E-state index in [0.717, 1.165) is 5.75 Å². The Morgan fingerprint density at radius 1 is 1.17 bits per heavy atom. The molecule has 3 N–H and O–H groups in total. The third-order valence-corrected chi connectivity index (χ3v) is 5.31. The monoisotopic (exact) mass is 431 g/mol. The van der Waals surface area contributed by atoms with Crippen molar-refractivity contribution < 1.29 is 9.53 Å². The van der Waals surface area contributed by atoms with Crippen LogP contribution < -0.4 is 15.9 Å². The van der Waals surface area contributed by atoms with E-state index in [0.29, 0.717) is 27.6 Å². The van der Waals surface area contributed by atoms with Crippen molar-refractivity contribution in [3.8, 4) is 5.75 Å². The Morgan fingerprint density at radius 2 is 1.86 bits per heavy atom. The van der Waals surface area contributed by atoms with E-state index in [1.807, 2.05) is 24.3 Å². The van der Waals surface area contributed by atoms with E-state index >= 15 is 0 Å². The van der Waals surface area contributed by atoms with Crippen LogP contribution in [-0.2, 0) is 11.4 Å². The molecule has 0 aliphatic carbocycles. The summed E-state index contributed by atoms with van der Waals surface area (Å²) in [6.45, 7) is 4.46. The normalized spacial score (nSPS) is 10.9. The number of hydrogen-bond donors (Lipinski definition) is 2. The molecule has 1 heterocycles. The minimum absolute atomic E-state index is 0.148. The quantitative estimate of drug-likeness (QED) is 0.412. The van der Waals surface area contributed by atoms with Crippen molar-refractivity contribution in [1.29, 1.82) is 0 Å². The summed E-state index contributed by atoms with van der Waals surface area (Å²) in [5, 5.41) is 11.9. The highest BCUT2D eigenvalue weighted by Crippen LogP contribution is 2.20. The molecule has 0 fully saturated rings. The highest BCUT2D eigenvalue weighted by atomic mass is 35.5. The summed E-state index contributed by atoms with van der Waals surface area (Å²) >= 11 is 7.03. The van der Waals surface area contributed by atoms with Crippen LogP contribution in [0.3, 0.4) is 0 Å². The van der Waals surface area contributed by atoms with E-state index in [-0.39, 0.29) is 18.3 Å². The van der Waals surface area contributed by atoms with Gasteiger partial charge in [0.2, 0.25) is 11.1 Å². The molecule has 9 heteroatoms. The highest BCUT2D eigenvalue weighted by Gasteiger charge is 2.13. The van der Waals surface area contributed by atoms with Gasteiger partial charge in [0, 0.05) is 10.7 Å². The number of amides is 1. The lowest BCUT2D eigenvalue weighted by atomic mass is 10.0. The van der Waals surface area contributed by atoms with Crippen molar-refractivity contribution in [2.75, 3.05) is 16.9 Å². The van der Waals surface area contributed by atoms with Crippen LogP contribution in [0.4, 0.5) is 5.69 Å². The van der Waals surface area contributed by atoms with Gasteiger partial charge in [0.05, 0.1) is 5.75 Å². The molecule has 0 atom stereocenters. The maximum atomic E-state index is 12.1. The molecule has 3 aromatic rings. The third-order valence-electron chi connectivity index (χ3n) is 4.11. The van der Waals surface area contributed by atoms with Crippen molar-refractivity contribution in [1.82, 2.24) is 14.9 Å². The molecule has 29 heavy (non-hydrogen) atoms. The van der Waals surface area contributed by atoms with Gasteiger partial charge < -0.3 is 15.9 Å². The molecule has 0 bridgehead atoms. The van der Waals surface area contributed by atoms with Crippen molar-refractivity contribution in [2.24, 2.45) is 0 Å². The molecule has 0 saturated carbocycles. The lowest BCUT2D eigenvalue weighted by Crippen LogP contribution is -2.18. The van der Waals surface area contributed by atoms with Crippen LogP contribution in [-0.4, -0.2) is 26.5 Å². The fourth-order valence-corrected chi connectivity index (χ4v) is 3.26. The molecule has 1 amide bonds. The van der Waals surface area contributed by atoms with Crippen LogP contribution in [0, 0.1) is 0 Å². The average Bonchev–Trinajstić information content (AvgIpc) is 3.06. The summed E-state index contributed by atoms with van der Waals surface area (Å²) in [6.07, 6.45) is 0. The van der Waals surface area contributed by atoms with Gasteiger partial charge >= 0.3 is 0 Å². The second-order valence-electron chi connectivity index (χ2n) is 6.62. The largest absolute Gasteiger partial charge is 0.486 e. The molecule has 0 saturated heterocycles. The van der Waals surface area contributed by atoms with E-state index in [1.54, 1.807) is 24.3 Å². The molecule has 0 radical (unpaired) electrons. The number of ether oxygens (including phenoxy) is 1.